The summed E-state index contributed by atoms with van der Waals surface area (Å²) in [4.78, 5) is 17.5. The van der Waals surface area contributed by atoms with Crippen LogP contribution in [0.1, 0.15) is 11.4 Å². The minimum atomic E-state index is -0.220. The number of aryl methyl sites for hydroxylation is 1. The Labute approximate surface area is 179 Å². The number of nitrogens with zero attached hydrogens (tertiary/aromatic N) is 5. The lowest BCUT2D eigenvalue weighted by Crippen LogP contribution is -2.46. The van der Waals surface area contributed by atoms with E-state index in [0.29, 0.717) is 23.3 Å². The molecule has 0 radical (unpaired) electrons. The van der Waals surface area contributed by atoms with Gasteiger partial charge in [-0.1, -0.05) is 17.7 Å². The van der Waals surface area contributed by atoms with Gasteiger partial charge in [0.15, 0.2) is 0 Å². The van der Waals surface area contributed by atoms with Crippen molar-refractivity contribution in [2.75, 3.05) is 42.1 Å². The molecule has 1 aliphatic heterocycles. The van der Waals surface area contributed by atoms with Crippen LogP contribution in [-0.2, 0) is 6.54 Å². The number of anilines is 4. The molecule has 0 unspecified atom stereocenters. The van der Waals surface area contributed by atoms with E-state index >= 15 is 0 Å². The van der Waals surface area contributed by atoms with E-state index in [-0.39, 0.29) is 11.8 Å². The Balaban J connectivity index is 1.40. The van der Waals surface area contributed by atoms with Crippen LogP contribution in [0.2, 0.25) is 5.02 Å². The molecule has 30 heavy (non-hydrogen) atoms. The van der Waals surface area contributed by atoms with Crippen LogP contribution in [0.15, 0.2) is 42.5 Å². The molecule has 1 fully saturated rings. The predicted molar refractivity (Wildman–Crippen MR) is 118 cm³/mol. The lowest BCUT2D eigenvalue weighted by Gasteiger charge is -2.35. The SMILES string of the molecule is Cc1ccc(Cl)cc1Nc1nc(N)nc(CN2CCN(c3ccc(F)cc3)CC2)n1. The molecule has 2 heterocycles. The van der Waals surface area contributed by atoms with Crippen molar-refractivity contribution in [1.82, 2.24) is 19.9 Å². The highest BCUT2D eigenvalue weighted by Gasteiger charge is 2.19. The fourth-order valence-electron chi connectivity index (χ4n) is 3.43. The monoisotopic (exact) mass is 427 g/mol. The van der Waals surface area contributed by atoms with E-state index in [2.05, 4.69) is 30.1 Å². The first kappa shape index (κ1) is 20.3. The van der Waals surface area contributed by atoms with Gasteiger partial charge in [0, 0.05) is 42.6 Å². The zero-order valence-corrected chi connectivity index (χ0v) is 17.4. The third kappa shape index (κ3) is 4.95. The number of halogens is 2. The van der Waals surface area contributed by atoms with Crippen molar-refractivity contribution >= 4 is 34.9 Å². The number of benzene rings is 2. The molecule has 2 aromatic carbocycles. The van der Waals surface area contributed by atoms with Crippen molar-refractivity contribution in [3.63, 3.8) is 0 Å². The van der Waals surface area contributed by atoms with E-state index in [1.54, 1.807) is 0 Å². The predicted octanol–water partition coefficient (Wildman–Crippen LogP) is 3.62. The van der Waals surface area contributed by atoms with Gasteiger partial charge in [-0.05, 0) is 48.9 Å². The minimum Gasteiger partial charge on any atom is -0.369 e. The van der Waals surface area contributed by atoms with Crippen molar-refractivity contribution in [3.05, 3.63) is 64.7 Å². The number of nitrogen functional groups attached to an aromatic ring is 1. The van der Waals surface area contributed by atoms with E-state index in [9.17, 15) is 4.39 Å². The topological polar surface area (TPSA) is 83.2 Å². The van der Waals surface area contributed by atoms with E-state index < -0.39 is 0 Å². The van der Waals surface area contributed by atoms with Gasteiger partial charge in [-0.25, -0.2) is 4.39 Å². The number of rotatable bonds is 5. The quantitative estimate of drug-likeness (QED) is 0.643. The first-order valence-corrected chi connectivity index (χ1v) is 10.1. The molecule has 0 spiro atoms. The standard InChI is InChI=1S/C21H23ClFN7/c1-14-2-3-15(22)12-18(14)25-21-27-19(26-20(24)28-21)13-29-8-10-30(11-9-29)17-6-4-16(23)5-7-17/h2-7,12H,8-11,13H2,1H3,(H3,24,25,26,27,28). The maximum atomic E-state index is 13.1. The summed E-state index contributed by atoms with van der Waals surface area (Å²) < 4.78 is 13.1. The molecule has 4 rings (SSSR count). The maximum absolute atomic E-state index is 13.1. The maximum Gasteiger partial charge on any atom is 0.232 e. The molecule has 1 aromatic heterocycles. The third-order valence-electron chi connectivity index (χ3n) is 5.07. The number of hydrogen-bond acceptors (Lipinski definition) is 7. The van der Waals surface area contributed by atoms with Gasteiger partial charge in [-0.3, -0.25) is 4.90 Å². The molecule has 3 aromatic rings. The molecule has 156 valence electrons. The lowest BCUT2D eigenvalue weighted by atomic mass is 10.2. The van der Waals surface area contributed by atoms with Crippen molar-refractivity contribution < 1.29 is 4.39 Å². The van der Waals surface area contributed by atoms with Gasteiger partial charge in [0.25, 0.3) is 0 Å². The molecular weight excluding hydrogens is 405 g/mol. The molecule has 3 N–H and O–H groups in total. The summed E-state index contributed by atoms with van der Waals surface area (Å²) in [5, 5.41) is 3.81. The average Bonchev–Trinajstić information content (AvgIpc) is 2.72. The normalized spacial score (nSPS) is 14.7. The third-order valence-corrected chi connectivity index (χ3v) is 5.31. The lowest BCUT2D eigenvalue weighted by molar-refractivity contribution is 0.244. The van der Waals surface area contributed by atoms with Crippen LogP contribution in [0.4, 0.5) is 27.7 Å². The Morgan fingerprint density at radius 3 is 2.50 bits per heavy atom. The van der Waals surface area contributed by atoms with Crippen LogP contribution in [0, 0.1) is 12.7 Å². The van der Waals surface area contributed by atoms with Crippen LogP contribution in [-0.4, -0.2) is 46.0 Å². The summed E-state index contributed by atoms with van der Waals surface area (Å²) in [5.41, 5.74) is 8.79. The summed E-state index contributed by atoms with van der Waals surface area (Å²) in [7, 11) is 0. The molecule has 1 aliphatic rings. The van der Waals surface area contributed by atoms with Gasteiger partial charge in [-0.15, -0.1) is 0 Å². The van der Waals surface area contributed by atoms with Crippen LogP contribution < -0.4 is 16.0 Å². The van der Waals surface area contributed by atoms with Crippen LogP contribution >= 0.6 is 11.6 Å². The fraction of sp³-hybridized carbons (Fsp3) is 0.286. The summed E-state index contributed by atoms with van der Waals surface area (Å²) in [5.74, 6) is 0.960. The van der Waals surface area contributed by atoms with Crippen molar-refractivity contribution in [1.29, 1.82) is 0 Å². The second kappa shape index (κ2) is 8.81. The first-order valence-electron chi connectivity index (χ1n) is 9.73. The molecule has 7 nitrogen and oxygen atoms in total. The summed E-state index contributed by atoms with van der Waals surface area (Å²) in [6, 6.07) is 12.2. The highest BCUT2D eigenvalue weighted by atomic mass is 35.5. The number of hydrogen-bond donors (Lipinski definition) is 2. The smallest absolute Gasteiger partial charge is 0.232 e. The Hall–Kier alpha value is -2.97. The van der Waals surface area contributed by atoms with Crippen molar-refractivity contribution in [2.24, 2.45) is 0 Å². The molecule has 9 heteroatoms. The Morgan fingerprint density at radius 2 is 1.77 bits per heavy atom. The second-order valence-electron chi connectivity index (χ2n) is 7.26. The van der Waals surface area contributed by atoms with Gasteiger partial charge in [0.05, 0.1) is 6.54 Å². The number of nitrogens with two attached hydrogens (primary N) is 1. The summed E-state index contributed by atoms with van der Waals surface area (Å²) in [6.07, 6.45) is 0. The molecule has 0 bridgehead atoms. The molecule has 0 atom stereocenters. The highest BCUT2D eigenvalue weighted by molar-refractivity contribution is 6.30. The van der Waals surface area contributed by atoms with Crippen LogP contribution in [0.3, 0.4) is 0 Å². The second-order valence-corrected chi connectivity index (χ2v) is 7.69. The van der Waals surface area contributed by atoms with Crippen molar-refractivity contribution in [2.45, 2.75) is 13.5 Å². The Bertz CT molecular complexity index is 1020. The van der Waals surface area contributed by atoms with Crippen LogP contribution in [0.5, 0.6) is 0 Å². The van der Waals surface area contributed by atoms with Gasteiger partial charge >= 0.3 is 0 Å². The van der Waals surface area contributed by atoms with E-state index in [0.717, 1.165) is 43.1 Å². The zero-order chi connectivity index (χ0) is 21.1. The van der Waals surface area contributed by atoms with E-state index in [1.807, 2.05) is 37.3 Å². The molecule has 0 amide bonds. The summed E-state index contributed by atoms with van der Waals surface area (Å²) >= 11 is 6.09. The van der Waals surface area contributed by atoms with Gasteiger partial charge in [-0.2, -0.15) is 15.0 Å². The average molecular weight is 428 g/mol. The van der Waals surface area contributed by atoms with Gasteiger partial charge < -0.3 is 16.0 Å². The number of aromatic nitrogens is 3. The van der Waals surface area contributed by atoms with Crippen molar-refractivity contribution in [3.8, 4) is 0 Å². The van der Waals surface area contributed by atoms with Crippen LogP contribution in [0.25, 0.3) is 0 Å². The van der Waals surface area contributed by atoms with Gasteiger partial charge in [0.1, 0.15) is 11.6 Å². The van der Waals surface area contributed by atoms with E-state index in [1.165, 1.54) is 12.1 Å². The largest absolute Gasteiger partial charge is 0.369 e. The zero-order valence-electron chi connectivity index (χ0n) is 16.6. The fourth-order valence-corrected chi connectivity index (χ4v) is 3.60. The molecule has 0 saturated carbocycles. The minimum absolute atomic E-state index is 0.173. The molecule has 1 saturated heterocycles. The number of nitrogens with one attached hydrogen (secondary N) is 1. The first-order chi connectivity index (χ1) is 14.5. The summed E-state index contributed by atoms with van der Waals surface area (Å²) in [6.45, 7) is 5.94. The Kier molecular flexibility index (Phi) is 5.96. The molecule has 0 aliphatic carbocycles. The molecular formula is C21H23ClFN7. The number of piperazine rings is 1. The highest BCUT2D eigenvalue weighted by Crippen LogP contribution is 2.23. The van der Waals surface area contributed by atoms with Gasteiger partial charge in [0.2, 0.25) is 11.9 Å². The van der Waals surface area contributed by atoms with E-state index in [4.69, 9.17) is 17.3 Å². The Morgan fingerprint density at radius 1 is 1.03 bits per heavy atom.